The number of carboxylic acid groups (broad SMARTS) is 1. The third kappa shape index (κ3) is 7.24. The number of aliphatic hydroxyl groups excluding tert-OH is 1. The Kier molecular flexibility index (Phi) is 9.12. The molecule has 1 heterocycles. The number of pyridine rings is 1. The van der Waals surface area contributed by atoms with Gasteiger partial charge in [-0.05, 0) is 18.9 Å². The van der Waals surface area contributed by atoms with Crippen LogP contribution >= 0.6 is 0 Å². The molecule has 124 valence electrons. The molecule has 0 spiro atoms. The van der Waals surface area contributed by atoms with Crippen LogP contribution in [-0.2, 0) is 22.7 Å². The standard InChI is InChI=1S/C14H20N2O5.ClH/c1-10(18)15-13(14(20)21)4-2-3-5-16-7-11(9-17)6-12(19)8-16;/h6-8,13,17H,2-5,9H2,1H3,(H2-,15,18,19,20,21);1H. The quantitative estimate of drug-likeness (QED) is 0.298. The molecule has 1 aromatic rings. The Balaban J connectivity index is 0.00000441. The molecular formula is C14H21ClN2O5. The van der Waals surface area contributed by atoms with Gasteiger partial charge >= 0.3 is 5.97 Å². The minimum atomic E-state index is -1.04. The number of carbonyl (C=O) groups excluding carboxylic acids is 1. The highest BCUT2D eigenvalue weighted by atomic mass is 35.5. The van der Waals surface area contributed by atoms with E-state index in [2.05, 4.69) is 5.32 Å². The zero-order valence-corrected chi connectivity index (χ0v) is 13.1. The summed E-state index contributed by atoms with van der Waals surface area (Å²) in [6.07, 6.45) is 4.93. The highest BCUT2D eigenvalue weighted by Gasteiger charge is 2.17. The molecule has 22 heavy (non-hydrogen) atoms. The summed E-state index contributed by atoms with van der Waals surface area (Å²) in [7, 11) is 0. The molecule has 1 amide bonds. The second-order valence-corrected chi connectivity index (χ2v) is 4.89. The van der Waals surface area contributed by atoms with Gasteiger partial charge in [-0.1, -0.05) is 0 Å². The topological polar surface area (TPSA) is 111 Å². The number of amides is 1. The molecule has 0 bridgehead atoms. The van der Waals surface area contributed by atoms with Gasteiger partial charge in [-0.3, -0.25) is 4.79 Å². The first-order valence-electron chi connectivity index (χ1n) is 6.75. The van der Waals surface area contributed by atoms with E-state index < -0.39 is 12.0 Å². The number of hydrogen-bond donors (Lipinski definition) is 4. The van der Waals surface area contributed by atoms with Gasteiger partial charge in [0, 0.05) is 18.9 Å². The van der Waals surface area contributed by atoms with E-state index in [0.29, 0.717) is 31.4 Å². The first-order chi connectivity index (χ1) is 9.92. The first kappa shape index (κ1) is 20.1. The van der Waals surface area contributed by atoms with E-state index >= 15 is 0 Å². The summed E-state index contributed by atoms with van der Waals surface area (Å²) in [5.41, 5.74) is 0.608. The van der Waals surface area contributed by atoms with Crippen LogP contribution in [0.25, 0.3) is 0 Å². The summed E-state index contributed by atoms with van der Waals surface area (Å²) in [5.74, 6) is -1.33. The summed E-state index contributed by atoms with van der Waals surface area (Å²) < 4.78 is 1.75. The molecular weight excluding hydrogens is 312 g/mol. The van der Waals surface area contributed by atoms with Crippen LogP contribution in [0.2, 0.25) is 0 Å². The van der Waals surface area contributed by atoms with Crippen molar-refractivity contribution in [3.8, 4) is 5.75 Å². The normalized spacial score (nSPS) is 11.4. The molecule has 1 atom stereocenters. The number of aliphatic hydroxyl groups is 1. The van der Waals surface area contributed by atoms with Crippen molar-refractivity contribution in [1.29, 1.82) is 0 Å². The van der Waals surface area contributed by atoms with E-state index in [1.165, 1.54) is 13.0 Å². The van der Waals surface area contributed by atoms with E-state index in [1.807, 2.05) is 0 Å². The lowest BCUT2D eigenvalue weighted by Gasteiger charge is -2.12. The number of unbranched alkanes of at least 4 members (excludes halogenated alkanes) is 1. The molecule has 0 radical (unpaired) electrons. The summed E-state index contributed by atoms with van der Waals surface area (Å²) in [6.45, 7) is 1.72. The largest absolute Gasteiger partial charge is 1.00 e. The molecule has 7 nitrogen and oxygen atoms in total. The third-order valence-corrected chi connectivity index (χ3v) is 2.98. The molecule has 0 aliphatic carbocycles. The molecule has 0 aromatic carbocycles. The lowest BCUT2D eigenvalue weighted by molar-refractivity contribution is -0.698. The zero-order chi connectivity index (χ0) is 15.8. The van der Waals surface area contributed by atoms with E-state index in [4.69, 9.17) is 10.2 Å². The van der Waals surface area contributed by atoms with Crippen molar-refractivity contribution >= 4 is 11.9 Å². The number of nitrogens with zero attached hydrogens (tertiary/aromatic N) is 1. The van der Waals surface area contributed by atoms with Gasteiger partial charge < -0.3 is 33.0 Å². The minimum Gasteiger partial charge on any atom is -1.00 e. The first-order valence-corrected chi connectivity index (χ1v) is 6.75. The van der Waals surface area contributed by atoms with Gasteiger partial charge in [0.05, 0.1) is 6.61 Å². The number of carboxylic acids is 1. The van der Waals surface area contributed by atoms with Gasteiger partial charge in [0.15, 0.2) is 11.9 Å². The van der Waals surface area contributed by atoms with E-state index in [1.54, 1.807) is 17.0 Å². The second-order valence-electron chi connectivity index (χ2n) is 4.89. The zero-order valence-electron chi connectivity index (χ0n) is 12.3. The van der Waals surface area contributed by atoms with Gasteiger partial charge in [-0.2, -0.15) is 0 Å². The Bertz CT molecular complexity index is 510. The summed E-state index contributed by atoms with van der Waals surface area (Å²) in [6, 6.07) is 0.609. The Hall–Kier alpha value is -1.86. The van der Waals surface area contributed by atoms with Crippen LogP contribution in [0.4, 0.5) is 0 Å². The summed E-state index contributed by atoms with van der Waals surface area (Å²) in [4.78, 5) is 21.8. The van der Waals surface area contributed by atoms with Gasteiger partial charge in [-0.25, -0.2) is 9.36 Å². The number of aliphatic carboxylic acids is 1. The number of aryl methyl sites for hydroxylation is 1. The van der Waals surface area contributed by atoms with Gasteiger partial charge in [-0.15, -0.1) is 0 Å². The molecule has 1 unspecified atom stereocenters. The summed E-state index contributed by atoms with van der Waals surface area (Å²) >= 11 is 0. The predicted molar refractivity (Wildman–Crippen MR) is 73.3 cm³/mol. The number of carbonyl (C=O) groups is 2. The number of aromatic nitrogens is 1. The van der Waals surface area contributed by atoms with Crippen LogP contribution in [0.5, 0.6) is 5.75 Å². The second kappa shape index (κ2) is 9.97. The number of hydrogen-bond acceptors (Lipinski definition) is 4. The smallest absolute Gasteiger partial charge is 0.326 e. The van der Waals surface area contributed by atoms with Gasteiger partial charge in [0.2, 0.25) is 12.1 Å². The Morgan fingerprint density at radius 3 is 2.55 bits per heavy atom. The van der Waals surface area contributed by atoms with Crippen molar-refractivity contribution in [2.75, 3.05) is 0 Å². The monoisotopic (exact) mass is 332 g/mol. The van der Waals surface area contributed by atoms with E-state index in [-0.39, 0.29) is 30.7 Å². The molecule has 0 saturated heterocycles. The fourth-order valence-electron chi connectivity index (χ4n) is 2.05. The molecule has 0 saturated carbocycles. The van der Waals surface area contributed by atoms with E-state index in [9.17, 15) is 14.7 Å². The predicted octanol–water partition coefficient (Wildman–Crippen LogP) is -3.06. The molecule has 0 aliphatic rings. The summed E-state index contributed by atoms with van der Waals surface area (Å²) in [5, 5.41) is 29.9. The highest BCUT2D eigenvalue weighted by Crippen LogP contribution is 2.08. The minimum absolute atomic E-state index is 0. The van der Waals surface area contributed by atoms with Gasteiger partial charge in [0.25, 0.3) is 0 Å². The van der Waals surface area contributed by atoms with Crippen molar-refractivity contribution in [3.63, 3.8) is 0 Å². The number of aromatic hydroxyl groups is 1. The maximum Gasteiger partial charge on any atom is 0.326 e. The maximum absolute atomic E-state index is 10.9. The molecule has 1 aromatic heterocycles. The Morgan fingerprint density at radius 2 is 2.00 bits per heavy atom. The van der Waals surface area contributed by atoms with Crippen LogP contribution in [0.1, 0.15) is 31.7 Å². The highest BCUT2D eigenvalue weighted by molar-refractivity contribution is 5.81. The Labute approximate surface area is 135 Å². The van der Waals surface area contributed by atoms with Gasteiger partial charge in [0.1, 0.15) is 12.6 Å². The molecule has 4 N–H and O–H groups in total. The van der Waals surface area contributed by atoms with Crippen molar-refractivity contribution in [3.05, 3.63) is 24.0 Å². The molecule has 0 aliphatic heterocycles. The lowest BCUT2D eigenvalue weighted by Crippen LogP contribution is -3.00. The van der Waals surface area contributed by atoms with Crippen LogP contribution in [0.3, 0.4) is 0 Å². The van der Waals surface area contributed by atoms with Crippen LogP contribution < -0.4 is 22.3 Å². The number of rotatable bonds is 8. The van der Waals surface area contributed by atoms with Crippen LogP contribution in [0, 0.1) is 0 Å². The SMILES string of the molecule is CC(=O)NC(CCCC[n+]1cc(O)cc(CO)c1)C(=O)O.[Cl-]. The molecule has 0 fully saturated rings. The molecule has 1 rings (SSSR count). The fraction of sp³-hybridized carbons (Fsp3) is 0.500. The Morgan fingerprint density at radius 1 is 1.32 bits per heavy atom. The lowest BCUT2D eigenvalue weighted by atomic mass is 10.1. The average molecular weight is 333 g/mol. The van der Waals surface area contributed by atoms with Crippen molar-refractivity contribution in [2.24, 2.45) is 0 Å². The average Bonchev–Trinajstić information content (AvgIpc) is 2.40. The maximum atomic E-state index is 10.9. The van der Waals surface area contributed by atoms with E-state index in [0.717, 1.165) is 0 Å². The number of halogens is 1. The molecule has 8 heteroatoms. The van der Waals surface area contributed by atoms with Crippen LogP contribution in [0.15, 0.2) is 18.5 Å². The van der Waals surface area contributed by atoms with Crippen molar-refractivity contribution < 1.29 is 41.9 Å². The number of nitrogens with one attached hydrogen (secondary N) is 1. The van der Waals surface area contributed by atoms with Crippen molar-refractivity contribution in [2.45, 2.75) is 45.4 Å². The fourth-order valence-corrected chi connectivity index (χ4v) is 2.05. The van der Waals surface area contributed by atoms with Crippen LogP contribution in [-0.4, -0.2) is 33.2 Å². The third-order valence-electron chi connectivity index (χ3n) is 2.98. The van der Waals surface area contributed by atoms with Crippen molar-refractivity contribution in [1.82, 2.24) is 5.32 Å².